The molecule has 1 aliphatic rings. The standard InChI is InChI=1S/C14H15NO3/c16-13(15-10-11-18-14(15)17)9-5-4-8-12-6-2-1-3-7-12/h1-3,5-7,9H,4,8,10-11H2/b9-5+. The molecule has 18 heavy (non-hydrogen) atoms. The molecule has 0 aliphatic carbocycles. The van der Waals surface area contributed by atoms with E-state index in [1.807, 2.05) is 30.3 Å². The van der Waals surface area contributed by atoms with E-state index in [9.17, 15) is 9.59 Å². The molecular weight excluding hydrogens is 230 g/mol. The quantitative estimate of drug-likeness (QED) is 0.764. The molecule has 1 saturated heterocycles. The van der Waals surface area contributed by atoms with Gasteiger partial charge in [0.2, 0.25) is 0 Å². The largest absolute Gasteiger partial charge is 0.447 e. The number of cyclic esters (lactones) is 1. The summed E-state index contributed by atoms with van der Waals surface area (Å²) in [6, 6.07) is 10.1. The maximum Gasteiger partial charge on any atom is 0.416 e. The molecular formula is C14H15NO3. The van der Waals surface area contributed by atoms with Crippen LogP contribution in [0.25, 0.3) is 0 Å². The fourth-order valence-corrected chi connectivity index (χ4v) is 1.76. The number of imide groups is 1. The van der Waals surface area contributed by atoms with Crippen LogP contribution in [0.5, 0.6) is 0 Å². The summed E-state index contributed by atoms with van der Waals surface area (Å²) in [5.41, 5.74) is 1.23. The van der Waals surface area contributed by atoms with Crippen molar-refractivity contribution in [3.63, 3.8) is 0 Å². The Morgan fingerprint density at radius 1 is 1.33 bits per heavy atom. The molecule has 0 spiro atoms. The first-order valence-electron chi connectivity index (χ1n) is 5.96. The van der Waals surface area contributed by atoms with Crippen molar-refractivity contribution in [2.24, 2.45) is 0 Å². The third kappa shape index (κ3) is 3.20. The molecule has 1 heterocycles. The Bertz CT molecular complexity index is 453. The average molecular weight is 245 g/mol. The summed E-state index contributed by atoms with van der Waals surface area (Å²) in [5.74, 6) is -0.300. The van der Waals surface area contributed by atoms with E-state index in [-0.39, 0.29) is 5.91 Å². The van der Waals surface area contributed by atoms with Gasteiger partial charge in [-0.15, -0.1) is 0 Å². The van der Waals surface area contributed by atoms with Gasteiger partial charge in [-0.05, 0) is 24.5 Å². The van der Waals surface area contributed by atoms with Crippen LogP contribution in [0.2, 0.25) is 0 Å². The topological polar surface area (TPSA) is 46.6 Å². The van der Waals surface area contributed by atoms with Gasteiger partial charge in [0.25, 0.3) is 5.91 Å². The van der Waals surface area contributed by atoms with Gasteiger partial charge in [-0.3, -0.25) is 4.79 Å². The highest BCUT2D eigenvalue weighted by molar-refractivity contribution is 5.99. The fraction of sp³-hybridized carbons (Fsp3) is 0.286. The van der Waals surface area contributed by atoms with Crippen LogP contribution >= 0.6 is 0 Å². The molecule has 0 saturated carbocycles. The summed E-state index contributed by atoms with van der Waals surface area (Å²) in [7, 11) is 0. The second kappa shape index (κ2) is 6.00. The van der Waals surface area contributed by atoms with Crippen molar-refractivity contribution >= 4 is 12.0 Å². The molecule has 2 amide bonds. The van der Waals surface area contributed by atoms with Crippen molar-refractivity contribution in [2.75, 3.05) is 13.2 Å². The van der Waals surface area contributed by atoms with Crippen LogP contribution in [0, 0.1) is 0 Å². The van der Waals surface area contributed by atoms with Crippen molar-refractivity contribution in [2.45, 2.75) is 12.8 Å². The van der Waals surface area contributed by atoms with Crippen LogP contribution in [0.15, 0.2) is 42.5 Å². The van der Waals surface area contributed by atoms with Crippen LogP contribution in [-0.4, -0.2) is 30.1 Å². The first-order valence-corrected chi connectivity index (χ1v) is 5.96. The number of carbonyl (C=O) groups is 2. The molecule has 1 fully saturated rings. The number of benzene rings is 1. The predicted octanol–water partition coefficient (Wildman–Crippen LogP) is 2.15. The number of carbonyl (C=O) groups excluding carboxylic acids is 2. The lowest BCUT2D eigenvalue weighted by Crippen LogP contribution is -2.29. The molecule has 1 aromatic carbocycles. The van der Waals surface area contributed by atoms with E-state index in [0.29, 0.717) is 13.2 Å². The van der Waals surface area contributed by atoms with Gasteiger partial charge < -0.3 is 4.74 Å². The summed E-state index contributed by atoms with van der Waals surface area (Å²) < 4.78 is 4.69. The van der Waals surface area contributed by atoms with Crippen LogP contribution in [0.1, 0.15) is 12.0 Å². The maximum atomic E-state index is 11.6. The van der Waals surface area contributed by atoms with E-state index < -0.39 is 6.09 Å². The number of amides is 2. The number of ether oxygens (including phenoxy) is 1. The Morgan fingerprint density at radius 3 is 2.78 bits per heavy atom. The Balaban J connectivity index is 1.78. The lowest BCUT2D eigenvalue weighted by Gasteiger charge is -2.06. The summed E-state index contributed by atoms with van der Waals surface area (Å²) in [4.78, 5) is 23.8. The van der Waals surface area contributed by atoms with Gasteiger partial charge in [0.1, 0.15) is 6.61 Å². The van der Waals surface area contributed by atoms with E-state index in [0.717, 1.165) is 17.7 Å². The van der Waals surface area contributed by atoms with Gasteiger partial charge in [-0.25, -0.2) is 9.69 Å². The highest BCUT2D eigenvalue weighted by Gasteiger charge is 2.26. The summed E-state index contributed by atoms with van der Waals surface area (Å²) >= 11 is 0. The summed E-state index contributed by atoms with van der Waals surface area (Å²) in [5, 5.41) is 0. The molecule has 94 valence electrons. The minimum absolute atomic E-state index is 0.294. The Morgan fingerprint density at radius 2 is 2.11 bits per heavy atom. The van der Waals surface area contributed by atoms with E-state index >= 15 is 0 Å². The maximum absolute atomic E-state index is 11.6. The van der Waals surface area contributed by atoms with Crippen LogP contribution < -0.4 is 0 Å². The minimum Gasteiger partial charge on any atom is -0.447 e. The Hall–Kier alpha value is -2.10. The van der Waals surface area contributed by atoms with Gasteiger partial charge in [-0.1, -0.05) is 36.4 Å². The van der Waals surface area contributed by atoms with Crippen molar-refractivity contribution in [1.82, 2.24) is 4.90 Å². The lowest BCUT2D eigenvalue weighted by molar-refractivity contribution is -0.122. The summed E-state index contributed by atoms with van der Waals surface area (Å²) in [6.07, 6.45) is 4.34. The Labute approximate surface area is 106 Å². The van der Waals surface area contributed by atoms with Gasteiger partial charge in [0.05, 0.1) is 6.54 Å². The molecule has 4 nitrogen and oxygen atoms in total. The van der Waals surface area contributed by atoms with E-state index in [4.69, 9.17) is 4.74 Å². The molecule has 0 aromatic heterocycles. The van der Waals surface area contributed by atoms with Crippen LogP contribution in [0.3, 0.4) is 0 Å². The highest BCUT2D eigenvalue weighted by Crippen LogP contribution is 2.06. The monoisotopic (exact) mass is 245 g/mol. The molecule has 0 radical (unpaired) electrons. The van der Waals surface area contributed by atoms with E-state index in [2.05, 4.69) is 0 Å². The smallest absolute Gasteiger partial charge is 0.416 e. The molecule has 0 bridgehead atoms. The number of allylic oxidation sites excluding steroid dienone is 1. The lowest BCUT2D eigenvalue weighted by atomic mass is 10.1. The first-order chi connectivity index (χ1) is 8.77. The fourth-order valence-electron chi connectivity index (χ4n) is 1.76. The SMILES string of the molecule is O=C(/C=C/CCc1ccccc1)N1CCOC1=O. The van der Waals surface area contributed by atoms with Gasteiger partial charge >= 0.3 is 6.09 Å². The third-order valence-corrected chi connectivity index (χ3v) is 2.73. The second-order valence-corrected chi connectivity index (χ2v) is 4.03. The molecule has 0 N–H and O–H groups in total. The number of hydrogen-bond acceptors (Lipinski definition) is 3. The number of nitrogens with zero attached hydrogens (tertiary/aromatic N) is 1. The Kier molecular flexibility index (Phi) is 4.12. The summed E-state index contributed by atoms with van der Waals surface area (Å²) in [6.45, 7) is 0.642. The van der Waals surface area contributed by atoms with Crippen molar-refractivity contribution < 1.29 is 14.3 Å². The third-order valence-electron chi connectivity index (χ3n) is 2.73. The zero-order valence-electron chi connectivity index (χ0n) is 10.0. The number of rotatable bonds is 4. The predicted molar refractivity (Wildman–Crippen MR) is 67.0 cm³/mol. The van der Waals surface area contributed by atoms with Crippen LogP contribution in [0.4, 0.5) is 4.79 Å². The van der Waals surface area contributed by atoms with E-state index in [1.54, 1.807) is 6.08 Å². The average Bonchev–Trinajstić information content (AvgIpc) is 2.82. The van der Waals surface area contributed by atoms with Crippen molar-refractivity contribution in [3.05, 3.63) is 48.0 Å². The van der Waals surface area contributed by atoms with Crippen molar-refractivity contribution in [1.29, 1.82) is 0 Å². The number of aryl methyl sites for hydroxylation is 1. The van der Waals surface area contributed by atoms with Gasteiger partial charge in [0, 0.05) is 0 Å². The highest BCUT2D eigenvalue weighted by atomic mass is 16.6. The zero-order chi connectivity index (χ0) is 12.8. The van der Waals surface area contributed by atoms with Gasteiger partial charge in [0.15, 0.2) is 0 Å². The number of hydrogen-bond donors (Lipinski definition) is 0. The minimum atomic E-state index is -0.548. The molecule has 1 aromatic rings. The van der Waals surface area contributed by atoms with Crippen LogP contribution in [-0.2, 0) is 16.0 Å². The van der Waals surface area contributed by atoms with Gasteiger partial charge in [-0.2, -0.15) is 0 Å². The molecule has 4 heteroatoms. The van der Waals surface area contributed by atoms with E-state index in [1.165, 1.54) is 11.6 Å². The molecule has 0 atom stereocenters. The first kappa shape index (κ1) is 12.4. The second-order valence-electron chi connectivity index (χ2n) is 4.03. The zero-order valence-corrected chi connectivity index (χ0v) is 10.0. The van der Waals surface area contributed by atoms with Crippen molar-refractivity contribution in [3.8, 4) is 0 Å². The molecule has 2 rings (SSSR count). The molecule has 0 unspecified atom stereocenters. The normalized spacial score (nSPS) is 15.1. The molecule has 1 aliphatic heterocycles.